The van der Waals surface area contributed by atoms with Gasteiger partial charge in [-0.1, -0.05) is 101 Å². The van der Waals surface area contributed by atoms with Crippen LogP contribution < -0.4 is 5.32 Å². The molecule has 7 heteroatoms. The van der Waals surface area contributed by atoms with Gasteiger partial charge in [-0.05, 0) is 31.5 Å². The summed E-state index contributed by atoms with van der Waals surface area (Å²) in [6.07, 6.45) is 11.4. The molecule has 0 heterocycles. The number of halogens is 1. The van der Waals surface area contributed by atoms with Crippen molar-refractivity contribution < 1.29 is 23.9 Å². The van der Waals surface area contributed by atoms with Crippen LogP contribution in [0.1, 0.15) is 105 Å². The normalized spacial score (nSPS) is 12.4. The Hall–Kier alpha value is -2.99. The second kappa shape index (κ2) is 17.5. The van der Waals surface area contributed by atoms with Gasteiger partial charge in [-0.3, -0.25) is 14.4 Å². The molecule has 1 N–H and O–H groups in total. The van der Waals surface area contributed by atoms with Crippen LogP contribution >= 0.6 is 11.6 Å². The highest BCUT2D eigenvalue weighted by Gasteiger charge is 2.25. The van der Waals surface area contributed by atoms with Crippen LogP contribution in [0.25, 0.3) is 0 Å². The Bertz CT molecular complexity index is 1040. The first-order chi connectivity index (χ1) is 18.3. The highest BCUT2D eigenvalue weighted by atomic mass is 35.5. The summed E-state index contributed by atoms with van der Waals surface area (Å²) in [6.45, 7) is 3.80. The molecule has 2 atom stereocenters. The van der Waals surface area contributed by atoms with E-state index < -0.39 is 29.1 Å². The van der Waals surface area contributed by atoms with Gasteiger partial charge in [-0.2, -0.15) is 0 Å². The molecule has 0 aliphatic rings. The maximum atomic E-state index is 12.6. The van der Waals surface area contributed by atoms with Crippen LogP contribution in [0.5, 0.6) is 0 Å². The molecule has 0 saturated carbocycles. The SMILES string of the molecule is CCCCCCCCCCCCC(=O)C(C)OC(=O)c1cccc(NC(=O)C(Cl)C(=O)c2ccccc2)c1. The molecular weight excluding hydrogens is 502 g/mol. The van der Waals surface area contributed by atoms with Gasteiger partial charge in [0.05, 0.1) is 5.56 Å². The van der Waals surface area contributed by atoms with Gasteiger partial charge in [0.25, 0.3) is 0 Å². The van der Waals surface area contributed by atoms with Gasteiger partial charge >= 0.3 is 5.97 Å². The molecule has 0 spiro atoms. The first-order valence-electron chi connectivity index (χ1n) is 13.7. The number of ether oxygens (including phenoxy) is 1. The van der Waals surface area contributed by atoms with Crippen LogP contribution in [0, 0.1) is 0 Å². The van der Waals surface area contributed by atoms with E-state index in [0.717, 1.165) is 19.3 Å². The van der Waals surface area contributed by atoms with Crippen molar-refractivity contribution in [3.8, 4) is 0 Å². The quantitative estimate of drug-likeness (QED) is 0.0692. The van der Waals surface area contributed by atoms with Crippen LogP contribution in [0.15, 0.2) is 54.6 Å². The fourth-order valence-electron chi connectivity index (χ4n) is 4.08. The van der Waals surface area contributed by atoms with Crippen molar-refractivity contribution in [2.45, 2.75) is 96.0 Å². The summed E-state index contributed by atoms with van der Waals surface area (Å²) < 4.78 is 5.36. The Morgan fingerprint density at radius 3 is 2.00 bits per heavy atom. The molecule has 6 nitrogen and oxygen atoms in total. The van der Waals surface area contributed by atoms with E-state index in [-0.39, 0.29) is 11.3 Å². The van der Waals surface area contributed by atoms with Crippen molar-refractivity contribution in [1.82, 2.24) is 0 Å². The van der Waals surface area contributed by atoms with Crippen molar-refractivity contribution in [3.63, 3.8) is 0 Å². The molecule has 0 aromatic heterocycles. The zero-order valence-corrected chi connectivity index (χ0v) is 23.3. The van der Waals surface area contributed by atoms with E-state index in [4.69, 9.17) is 16.3 Å². The first kappa shape index (κ1) is 31.2. The predicted octanol–water partition coefficient (Wildman–Crippen LogP) is 7.54. The van der Waals surface area contributed by atoms with E-state index in [1.54, 1.807) is 49.4 Å². The zero-order chi connectivity index (χ0) is 27.8. The number of hydrogen-bond acceptors (Lipinski definition) is 5. The lowest BCUT2D eigenvalue weighted by Crippen LogP contribution is -2.30. The van der Waals surface area contributed by atoms with Gasteiger partial charge in [-0.25, -0.2) is 4.79 Å². The molecular formula is C31H40ClNO5. The number of anilines is 1. The van der Waals surface area contributed by atoms with Crippen molar-refractivity contribution in [2.24, 2.45) is 0 Å². The standard InChI is InChI=1S/C31H40ClNO5/c1-3-4-5-6-7-8-9-10-11-15-21-27(34)23(2)38-31(37)25-19-16-20-26(22-25)33-30(36)28(32)29(35)24-17-13-12-14-18-24/h12-14,16-20,22-23,28H,3-11,15,21H2,1-2H3,(H,33,36). The van der Waals surface area contributed by atoms with E-state index in [0.29, 0.717) is 17.7 Å². The minimum atomic E-state index is -1.42. The summed E-state index contributed by atoms with van der Waals surface area (Å²) in [5.41, 5.74) is 0.804. The number of amides is 1. The fourth-order valence-corrected chi connectivity index (χ4v) is 4.26. The molecule has 2 aromatic rings. The Balaban J connectivity index is 1.74. The Kier molecular flexibility index (Phi) is 14.4. The summed E-state index contributed by atoms with van der Waals surface area (Å²) >= 11 is 6.08. The number of hydrogen-bond donors (Lipinski definition) is 1. The monoisotopic (exact) mass is 541 g/mol. The predicted molar refractivity (Wildman–Crippen MR) is 152 cm³/mol. The van der Waals surface area contributed by atoms with Crippen LogP contribution in [0.2, 0.25) is 0 Å². The number of ketones is 2. The molecule has 2 rings (SSSR count). The molecule has 0 radical (unpaired) electrons. The number of carbonyl (C=O) groups excluding carboxylic acids is 4. The Morgan fingerprint density at radius 2 is 1.37 bits per heavy atom. The summed E-state index contributed by atoms with van der Waals surface area (Å²) in [6, 6.07) is 14.4. The molecule has 0 aliphatic carbocycles. The Morgan fingerprint density at radius 1 is 0.789 bits per heavy atom. The highest BCUT2D eigenvalue weighted by Crippen LogP contribution is 2.17. The Labute approximate surface area is 231 Å². The molecule has 2 aromatic carbocycles. The van der Waals surface area contributed by atoms with E-state index in [2.05, 4.69) is 12.2 Å². The molecule has 0 saturated heterocycles. The molecule has 0 fully saturated rings. The number of alkyl halides is 1. The number of rotatable bonds is 18. The smallest absolute Gasteiger partial charge is 0.338 e. The minimum absolute atomic E-state index is 0.105. The minimum Gasteiger partial charge on any atom is -0.451 e. The number of esters is 1. The molecule has 38 heavy (non-hydrogen) atoms. The number of Topliss-reactive ketones (excluding diaryl/α,β-unsaturated/α-hetero) is 2. The van der Waals surface area contributed by atoms with Crippen molar-refractivity contribution in [3.05, 3.63) is 65.7 Å². The summed E-state index contributed by atoms with van der Waals surface area (Å²) in [4.78, 5) is 49.9. The van der Waals surface area contributed by atoms with E-state index in [1.807, 2.05) is 0 Å². The van der Waals surface area contributed by atoms with Gasteiger partial charge in [-0.15, -0.1) is 11.6 Å². The molecule has 206 valence electrons. The van der Waals surface area contributed by atoms with Gasteiger partial charge in [0.2, 0.25) is 5.91 Å². The number of nitrogens with one attached hydrogen (secondary N) is 1. The molecule has 2 unspecified atom stereocenters. The number of carbonyl (C=O) groups is 4. The average molecular weight is 542 g/mol. The third kappa shape index (κ3) is 11.2. The van der Waals surface area contributed by atoms with Gasteiger partial charge in [0.15, 0.2) is 23.0 Å². The molecule has 0 aliphatic heterocycles. The van der Waals surface area contributed by atoms with Crippen LogP contribution in [0.3, 0.4) is 0 Å². The zero-order valence-electron chi connectivity index (χ0n) is 22.5. The fraction of sp³-hybridized carbons (Fsp3) is 0.484. The molecule has 0 bridgehead atoms. The van der Waals surface area contributed by atoms with Gasteiger partial charge in [0.1, 0.15) is 0 Å². The maximum Gasteiger partial charge on any atom is 0.338 e. The average Bonchev–Trinajstić information content (AvgIpc) is 2.93. The van der Waals surface area contributed by atoms with E-state index in [9.17, 15) is 19.2 Å². The topological polar surface area (TPSA) is 89.5 Å². The second-order valence-corrected chi connectivity index (χ2v) is 10.0. The van der Waals surface area contributed by atoms with Crippen LogP contribution in [-0.4, -0.2) is 34.9 Å². The maximum absolute atomic E-state index is 12.6. The first-order valence-corrected chi connectivity index (χ1v) is 14.1. The van der Waals surface area contributed by atoms with Gasteiger partial charge < -0.3 is 10.1 Å². The summed E-state index contributed by atoms with van der Waals surface area (Å²) in [5, 5.41) is 1.14. The van der Waals surface area contributed by atoms with Crippen molar-refractivity contribution >= 4 is 40.7 Å². The van der Waals surface area contributed by atoms with E-state index in [1.165, 1.54) is 57.1 Å². The number of benzene rings is 2. The van der Waals surface area contributed by atoms with Gasteiger partial charge in [0, 0.05) is 17.7 Å². The highest BCUT2D eigenvalue weighted by molar-refractivity contribution is 6.45. The van der Waals surface area contributed by atoms with E-state index >= 15 is 0 Å². The number of unbranched alkanes of at least 4 members (excludes halogenated alkanes) is 9. The van der Waals surface area contributed by atoms with Crippen molar-refractivity contribution in [2.75, 3.05) is 5.32 Å². The van der Waals surface area contributed by atoms with Crippen LogP contribution in [-0.2, 0) is 14.3 Å². The third-order valence-corrected chi connectivity index (χ3v) is 6.79. The lowest BCUT2D eigenvalue weighted by molar-refractivity contribution is -0.127. The van der Waals surface area contributed by atoms with Crippen molar-refractivity contribution in [1.29, 1.82) is 0 Å². The lowest BCUT2D eigenvalue weighted by atomic mass is 10.0. The lowest BCUT2D eigenvalue weighted by Gasteiger charge is -2.14. The molecule has 1 amide bonds. The third-order valence-electron chi connectivity index (χ3n) is 6.40. The summed E-state index contributed by atoms with van der Waals surface area (Å²) in [5.74, 6) is -1.99. The largest absolute Gasteiger partial charge is 0.451 e. The van der Waals surface area contributed by atoms with Crippen LogP contribution in [0.4, 0.5) is 5.69 Å². The second-order valence-electron chi connectivity index (χ2n) is 9.61. The summed E-state index contributed by atoms with van der Waals surface area (Å²) in [7, 11) is 0.